The maximum atomic E-state index is 3.97. The van der Waals surface area contributed by atoms with Gasteiger partial charge in [0.25, 0.3) is 0 Å². The quantitative estimate of drug-likeness (QED) is 0.247. The van der Waals surface area contributed by atoms with Crippen LogP contribution >= 0.6 is 0 Å². The molecule has 336 valence electrons. The third-order valence-electron chi connectivity index (χ3n) is 0.763. The number of hydrogen-bond donors (Lipinski definition) is 0. The van der Waals surface area contributed by atoms with Gasteiger partial charge in [0.2, 0.25) is 0 Å². The van der Waals surface area contributed by atoms with E-state index in [-0.39, 0.29) is 89.1 Å². The maximum absolute atomic E-state index is 3.97. The summed E-state index contributed by atoms with van der Waals surface area (Å²) >= 11 is 12.5. The van der Waals surface area contributed by atoms with Crippen molar-refractivity contribution >= 4 is 0 Å². The molecule has 0 aromatic carbocycles. The van der Waals surface area contributed by atoms with Crippen LogP contribution in [-0.4, -0.2) is 125 Å². The van der Waals surface area contributed by atoms with Gasteiger partial charge in [0.05, 0.1) is 0 Å². The van der Waals surface area contributed by atoms with Gasteiger partial charge in [-0.25, -0.2) is 0 Å². The molecule has 0 unspecified atom stereocenters. The Morgan fingerprint density at radius 2 is 0.353 bits per heavy atom. The van der Waals surface area contributed by atoms with Crippen molar-refractivity contribution in [1.82, 2.24) is 0 Å². The van der Waals surface area contributed by atoms with E-state index in [1.807, 2.05) is 20.8 Å². The average molecular weight is 967 g/mol. The fraction of sp³-hybridized carbons (Fsp3) is 0.636. The molecule has 0 bridgehead atoms. The first-order valence-corrected chi connectivity index (χ1v) is 14.7. The van der Waals surface area contributed by atoms with Gasteiger partial charge in [0, 0.05) is 0 Å². The molecule has 18 heteroatoms. The van der Waals surface area contributed by atoms with Crippen LogP contribution in [-0.2, 0) is 103 Å². The minimum Gasteiger partial charge on any atom is -0.358 e. The molecule has 0 saturated carbocycles. The molecule has 51 heavy (non-hydrogen) atoms. The fourth-order valence-corrected chi connectivity index (χ4v) is 0.224. The third-order valence-corrected chi connectivity index (χ3v) is 0.763. The summed E-state index contributed by atoms with van der Waals surface area (Å²) in [6.45, 7) is 8.99. The topological polar surface area (TPSA) is 159 Å². The van der Waals surface area contributed by atoms with Crippen LogP contribution in [0.2, 0.25) is 0 Å². The molecule has 0 heterocycles. The van der Waals surface area contributed by atoms with E-state index in [4.69, 9.17) is 0 Å². The molecule has 0 atom stereocenters. The Labute approximate surface area is 389 Å². The third kappa shape index (κ3) is 5080. The Bertz CT molecular complexity index is 251. The second-order valence-corrected chi connectivity index (χ2v) is 8.23. The van der Waals surface area contributed by atoms with E-state index in [1.54, 1.807) is 106 Å². The van der Waals surface area contributed by atoms with Gasteiger partial charge in [-0.2, -0.15) is 83.1 Å². The van der Waals surface area contributed by atoms with E-state index in [2.05, 4.69) is 158 Å². The Hall–Kier alpha value is 2.07. The molecule has 0 rings (SSSR count). The van der Waals surface area contributed by atoms with Crippen molar-refractivity contribution in [2.75, 3.05) is 125 Å². The number of nitrogens with zero attached hydrogens (tertiary/aromatic N) is 12. The molecule has 12 nitrogen and oxygen atoms in total. The van der Waals surface area contributed by atoms with Crippen molar-refractivity contribution in [3.05, 3.63) is 121 Å². The van der Waals surface area contributed by atoms with Crippen LogP contribution in [0, 0.1) is 89.1 Å². The second kappa shape index (κ2) is 466. The molecular formula is C33H96N12V6-18. The van der Waals surface area contributed by atoms with Crippen molar-refractivity contribution in [3.63, 3.8) is 0 Å². The predicted octanol–water partition coefficient (Wildman–Crippen LogP) is 12.4. The molecule has 0 N–H and O–H groups in total. The molecule has 0 aliphatic carbocycles. The molecule has 0 radical (unpaired) electrons. The summed E-state index contributed by atoms with van der Waals surface area (Å²) in [6.07, 6.45) is 0. The Morgan fingerprint density at radius 3 is 0.353 bits per heavy atom. The molecule has 0 aliphatic heterocycles. The summed E-state index contributed by atoms with van der Waals surface area (Å²) < 4.78 is 20.6. The summed E-state index contributed by atoms with van der Waals surface area (Å²) in [6, 6.07) is 0. The summed E-state index contributed by atoms with van der Waals surface area (Å²) in [5.41, 5.74) is 0. The summed E-state index contributed by atoms with van der Waals surface area (Å²) in [5.74, 6) is 0. The normalized spacial score (nSPS) is 4.24. The first-order valence-electron chi connectivity index (χ1n) is 11.0. The maximum Gasteiger partial charge on any atom is -0.358 e. The van der Waals surface area contributed by atoms with Crippen molar-refractivity contribution in [1.29, 1.82) is 0 Å². The molecule has 0 saturated heterocycles. The Balaban J connectivity index is -0.00000000696. The molecule has 0 fully saturated rings. The summed E-state index contributed by atoms with van der Waals surface area (Å²) in [5, 5.41) is 21.7. The SMILES string of the molecule is CC[N-]C.CC[N-]CC.C[N-]C.C[N-]C.C[N-]C.C[N-]C.C[N]=[V].C[N]=[V].C[N]=[V].C[N]=[V].C[N]=[V].C[N]=[V].[CH3-].[CH3-].[CH3-].[CH3-].[CH3-].[CH3-].[CH3-].[CH3-].[CH3-].[CH3-].[CH3-].[CH3-]. The van der Waals surface area contributed by atoms with Gasteiger partial charge in [0.1, 0.15) is 0 Å². The Kier molecular flexibility index (Phi) is 1560. The first-order chi connectivity index (χ1) is 18.5. The molecular weight excluding hydrogens is 870 g/mol. The van der Waals surface area contributed by atoms with Crippen LogP contribution in [0.15, 0.2) is 22.7 Å². The minimum absolute atomic E-state index is 0. The zero-order valence-electron chi connectivity index (χ0n) is 40.2. The summed E-state index contributed by atoms with van der Waals surface area (Å²) in [7, 11) is 26.1. The molecule has 0 aromatic heterocycles. The van der Waals surface area contributed by atoms with Crippen LogP contribution in [0.4, 0.5) is 0 Å². The van der Waals surface area contributed by atoms with Crippen LogP contribution in [0.3, 0.4) is 0 Å². The Morgan fingerprint density at radius 1 is 0.294 bits per heavy atom. The predicted molar refractivity (Wildman–Crippen MR) is 232 cm³/mol. The van der Waals surface area contributed by atoms with E-state index >= 15 is 0 Å². The number of rotatable bonds is 3. The monoisotopic (exact) mass is 966 g/mol. The fourth-order valence-electron chi connectivity index (χ4n) is 0.224. The largest absolute Gasteiger partial charge is 0.358 e. The standard InChI is InChI=1S/C4H10N.C3H8N.4C2H6N.6CH3N.12CH3.6V/c1-3-5-4-2;1-3-4-2;4*1-3-2;6*1-2;;;;;;;;;;;;;;;;;;/h3-4H2,1-2H3;3H2,1-2H3;4*1-2H3;6*1H3;12*1H3;;;;;;/q6*-1;;;;;;;12*-1;;;;;;. The average Bonchev–Trinajstić information content (AvgIpc) is 2.85. The smallest absolute Gasteiger partial charge is 0.358 e. The molecule has 0 aromatic rings. The van der Waals surface area contributed by atoms with Crippen LogP contribution in [0.25, 0.3) is 31.9 Å². The summed E-state index contributed by atoms with van der Waals surface area (Å²) in [4.78, 5) is 0. The van der Waals surface area contributed by atoms with Crippen molar-refractivity contribution in [3.8, 4) is 0 Å². The van der Waals surface area contributed by atoms with E-state index in [9.17, 15) is 0 Å². The zero-order chi connectivity index (χ0) is 34.6. The van der Waals surface area contributed by atoms with Crippen molar-refractivity contribution in [2.24, 2.45) is 22.7 Å². The molecule has 0 amide bonds. The van der Waals surface area contributed by atoms with Gasteiger partial charge >= 0.3 is 168 Å². The van der Waals surface area contributed by atoms with Crippen molar-refractivity contribution in [2.45, 2.75) is 20.8 Å². The van der Waals surface area contributed by atoms with E-state index in [0.717, 1.165) is 19.6 Å². The van der Waals surface area contributed by atoms with Gasteiger partial charge in [-0.05, 0) is 0 Å². The van der Waals surface area contributed by atoms with Gasteiger partial charge in [-0.1, -0.05) is 20.8 Å². The molecule has 0 aliphatic rings. The van der Waals surface area contributed by atoms with Crippen LogP contribution in [0.1, 0.15) is 20.8 Å². The minimum atomic E-state index is 0. The second-order valence-electron chi connectivity index (χ2n) is 4.48. The number of hydrogen-bond acceptors (Lipinski definition) is 6. The van der Waals surface area contributed by atoms with Gasteiger partial charge in [0.15, 0.2) is 0 Å². The van der Waals surface area contributed by atoms with Crippen molar-refractivity contribution < 1.29 is 103 Å². The van der Waals surface area contributed by atoms with E-state index in [1.165, 1.54) is 0 Å². The van der Waals surface area contributed by atoms with E-state index < -0.39 is 0 Å². The van der Waals surface area contributed by atoms with Crippen LogP contribution < -0.4 is 0 Å². The van der Waals surface area contributed by atoms with Crippen LogP contribution in [0.5, 0.6) is 0 Å². The van der Waals surface area contributed by atoms with Gasteiger partial charge < -0.3 is 121 Å². The zero-order valence-corrected chi connectivity index (χ0v) is 48.6. The van der Waals surface area contributed by atoms with Gasteiger partial charge in [-0.3, -0.25) is 0 Å². The first kappa shape index (κ1) is 170. The molecule has 0 spiro atoms. The van der Waals surface area contributed by atoms with Gasteiger partial charge in [-0.15, -0.1) is 0 Å². The van der Waals surface area contributed by atoms with E-state index in [0.29, 0.717) is 0 Å².